The van der Waals surface area contributed by atoms with E-state index in [1.165, 1.54) is 23.8 Å². The molecule has 1 aliphatic heterocycles. The SMILES string of the molecule is CCc1cc(OC)cc(C)c1S(=O)(=O)N(C)CCOCC(=O)N(C)C1CCC(N2CCCN(C)CC2)CC1. The Bertz CT molecular complexity index is 1030. The monoisotopic (exact) mass is 552 g/mol. The van der Waals surface area contributed by atoms with Gasteiger partial charge < -0.3 is 19.3 Å². The van der Waals surface area contributed by atoms with Crippen molar-refractivity contribution in [1.82, 2.24) is 19.0 Å². The number of methoxy groups -OCH3 is 1. The summed E-state index contributed by atoms with van der Waals surface area (Å²) in [5.74, 6) is 0.602. The van der Waals surface area contributed by atoms with E-state index in [1.54, 1.807) is 33.2 Å². The highest BCUT2D eigenvalue weighted by Crippen LogP contribution is 2.29. The van der Waals surface area contributed by atoms with E-state index in [2.05, 4.69) is 16.8 Å². The Morgan fingerprint density at radius 3 is 2.45 bits per heavy atom. The molecule has 1 aromatic carbocycles. The first-order valence-electron chi connectivity index (χ1n) is 14.0. The van der Waals surface area contributed by atoms with Crippen molar-refractivity contribution < 1.29 is 22.7 Å². The number of nitrogens with zero attached hydrogens (tertiary/aromatic N) is 4. The van der Waals surface area contributed by atoms with Gasteiger partial charge in [0, 0.05) is 45.8 Å². The van der Waals surface area contributed by atoms with Gasteiger partial charge in [-0.1, -0.05) is 6.92 Å². The third kappa shape index (κ3) is 7.69. The number of likely N-dealkylation sites (N-methyl/N-ethyl adjacent to an activating group) is 3. The van der Waals surface area contributed by atoms with Gasteiger partial charge in [0.15, 0.2) is 0 Å². The van der Waals surface area contributed by atoms with Crippen molar-refractivity contribution in [3.63, 3.8) is 0 Å². The molecule has 1 heterocycles. The Kier molecular flexibility index (Phi) is 11.4. The fraction of sp³-hybridized carbons (Fsp3) is 0.750. The molecular weight excluding hydrogens is 504 g/mol. The maximum absolute atomic E-state index is 13.3. The van der Waals surface area contributed by atoms with E-state index >= 15 is 0 Å². The smallest absolute Gasteiger partial charge is 0.248 e. The molecule has 38 heavy (non-hydrogen) atoms. The van der Waals surface area contributed by atoms with Crippen molar-refractivity contribution in [2.24, 2.45) is 0 Å². The zero-order chi connectivity index (χ0) is 27.9. The molecule has 1 saturated heterocycles. The molecule has 1 saturated carbocycles. The van der Waals surface area contributed by atoms with Gasteiger partial charge >= 0.3 is 0 Å². The van der Waals surface area contributed by atoms with Crippen LogP contribution in [-0.2, 0) is 26.0 Å². The Balaban J connectivity index is 1.44. The molecule has 1 aliphatic carbocycles. The Labute approximate surface area is 230 Å². The third-order valence-corrected chi connectivity index (χ3v) is 10.4. The molecule has 2 fully saturated rings. The summed E-state index contributed by atoms with van der Waals surface area (Å²) in [5.41, 5.74) is 1.38. The first kappa shape index (κ1) is 30.8. The summed E-state index contributed by atoms with van der Waals surface area (Å²) in [6, 6.07) is 4.38. The maximum Gasteiger partial charge on any atom is 0.248 e. The van der Waals surface area contributed by atoms with Gasteiger partial charge in [0.1, 0.15) is 12.4 Å². The van der Waals surface area contributed by atoms with Gasteiger partial charge in [-0.15, -0.1) is 0 Å². The molecule has 3 rings (SSSR count). The minimum absolute atomic E-state index is 0.0372. The van der Waals surface area contributed by atoms with Crippen molar-refractivity contribution in [2.75, 3.05) is 74.2 Å². The summed E-state index contributed by atoms with van der Waals surface area (Å²) in [4.78, 5) is 20.0. The van der Waals surface area contributed by atoms with Gasteiger partial charge in [-0.25, -0.2) is 8.42 Å². The number of ether oxygens (including phenoxy) is 2. The molecule has 0 aromatic heterocycles. The number of benzene rings is 1. The molecule has 0 spiro atoms. The number of amides is 1. The Morgan fingerprint density at radius 2 is 1.79 bits per heavy atom. The molecule has 1 amide bonds. The predicted octanol–water partition coefficient (Wildman–Crippen LogP) is 2.61. The molecule has 0 unspecified atom stereocenters. The van der Waals surface area contributed by atoms with Crippen LogP contribution in [-0.4, -0.2) is 120 Å². The van der Waals surface area contributed by atoms with Crippen molar-refractivity contribution >= 4 is 15.9 Å². The highest BCUT2D eigenvalue weighted by atomic mass is 32.2. The second-order valence-electron chi connectivity index (χ2n) is 10.8. The highest BCUT2D eigenvalue weighted by molar-refractivity contribution is 7.89. The summed E-state index contributed by atoms with van der Waals surface area (Å²) in [6.45, 7) is 8.61. The zero-order valence-electron chi connectivity index (χ0n) is 24.2. The number of carbonyl (C=O) groups excluding carboxylic acids is 1. The Hall–Kier alpha value is -1.72. The molecule has 1 aromatic rings. The van der Waals surface area contributed by atoms with Gasteiger partial charge in [-0.2, -0.15) is 4.31 Å². The largest absolute Gasteiger partial charge is 0.497 e. The molecule has 0 N–H and O–H groups in total. The average molecular weight is 553 g/mol. The summed E-state index contributed by atoms with van der Waals surface area (Å²) in [6.07, 6.45) is 6.08. The van der Waals surface area contributed by atoms with E-state index in [-0.39, 0.29) is 31.7 Å². The third-order valence-electron chi connectivity index (χ3n) is 8.26. The lowest BCUT2D eigenvalue weighted by molar-refractivity contribution is -0.137. The van der Waals surface area contributed by atoms with Gasteiger partial charge in [-0.3, -0.25) is 9.69 Å². The van der Waals surface area contributed by atoms with Crippen molar-refractivity contribution in [2.45, 2.75) is 69.4 Å². The van der Waals surface area contributed by atoms with Crippen LogP contribution in [0.1, 0.15) is 50.2 Å². The normalized spacial score (nSPS) is 21.9. The molecule has 216 valence electrons. The maximum atomic E-state index is 13.3. The van der Waals surface area contributed by atoms with Crippen LogP contribution < -0.4 is 4.74 Å². The van der Waals surface area contributed by atoms with E-state index < -0.39 is 10.0 Å². The molecule has 10 heteroatoms. The number of hydrogen-bond donors (Lipinski definition) is 0. The van der Waals surface area contributed by atoms with Crippen LogP contribution in [0.4, 0.5) is 0 Å². The van der Waals surface area contributed by atoms with Crippen LogP contribution in [0.25, 0.3) is 0 Å². The first-order valence-corrected chi connectivity index (χ1v) is 15.4. The van der Waals surface area contributed by atoms with Gasteiger partial charge in [0.2, 0.25) is 15.9 Å². The fourth-order valence-electron chi connectivity index (χ4n) is 5.74. The molecule has 9 nitrogen and oxygen atoms in total. The fourth-order valence-corrected chi connectivity index (χ4v) is 7.36. The second kappa shape index (κ2) is 14.1. The lowest BCUT2D eigenvalue weighted by Crippen LogP contribution is -2.46. The average Bonchev–Trinajstić information content (AvgIpc) is 3.13. The predicted molar refractivity (Wildman–Crippen MR) is 150 cm³/mol. The van der Waals surface area contributed by atoms with Crippen LogP contribution in [0.15, 0.2) is 17.0 Å². The second-order valence-corrected chi connectivity index (χ2v) is 12.8. The standard InChI is InChI=1S/C28H48N4O5S/c1-7-23-20-26(36-6)19-22(2)28(23)38(34,35)30(4)17-18-37-21-27(33)31(5)24-9-11-25(12-10-24)32-14-8-13-29(3)15-16-32/h19-20,24-25H,7-18,21H2,1-6H3. The van der Waals surface area contributed by atoms with Crippen LogP contribution in [0.5, 0.6) is 5.75 Å². The van der Waals surface area contributed by atoms with E-state index in [1.807, 2.05) is 18.9 Å². The Morgan fingerprint density at radius 1 is 1.08 bits per heavy atom. The number of hydrogen-bond acceptors (Lipinski definition) is 7. The van der Waals surface area contributed by atoms with Crippen LogP contribution in [0.3, 0.4) is 0 Å². The van der Waals surface area contributed by atoms with Gasteiger partial charge in [0.25, 0.3) is 0 Å². The summed E-state index contributed by atoms with van der Waals surface area (Å²) in [7, 11) is 3.50. The highest BCUT2D eigenvalue weighted by Gasteiger charge is 2.30. The van der Waals surface area contributed by atoms with Crippen LogP contribution in [0, 0.1) is 6.92 Å². The zero-order valence-corrected chi connectivity index (χ0v) is 25.1. The number of rotatable bonds is 11. The number of carbonyl (C=O) groups is 1. The summed E-state index contributed by atoms with van der Waals surface area (Å²) in [5, 5.41) is 0. The van der Waals surface area contributed by atoms with E-state index in [9.17, 15) is 13.2 Å². The quantitative estimate of drug-likeness (QED) is 0.390. The number of aryl methyl sites for hydroxylation is 2. The van der Waals surface area contributed by atoms with Crippen LogP contribution >= 0.6 is 0 Å². The van der Waals surface area contributed by atoms with Crippen molar-refractivity contribution in [3.8, 4) is 5.75 Å². The van der Waals surface area contributed by atoms with E-state index in [0.717, 1.165) is 44.3 Å². The summed E-state index contributed by atoms with van der Waals surface area (Å²) < 4.78 is 38.8. The molecular formula is C28H48N4O5S. The lowest BCUT2D eigenvalue weighted by Gasteiger charge is -2.39. The van der Waals surface area contributed by atoms with Crippen molar-refractivity contribution in [3.05, 3.63) is 23.3 Å². The molecule has 0 atom stereocenters. The van der Waals surface area contributed by atoms with Gasteiger partial charge in [0.05, 0.1) is 18.6 Å². The minimum Gasteiger partial charge on any atom is -0.497 e. The number of sulfonamides is 1. The molecule has 2 aliphatic rings. The van der Waals surface area contributed by atoms with E-state index in [4.69, 9.17) is 9.47 Å². The van der Waals surface area contributed by atoms with Gasteiger partial charge in [-0.05, 0) is 88.8 Å². The van der Waals surface area contributed by atoms with Crippen molar-refractivity contribution in [1.29, 1.82) is 0 Å². The lowest BCUT2D eigenvalue weighted by atomic mass is 9.89. The first-order chi connectivity index (χ1) is 18.1. The topological polar surface area (TPSA) is 82.6 Å². The molecule has 0 bridgehead atoms. The summed E-state index contributed by atoms with van der Waals surface area (Å²) >= 11 is 0. The van der Waals surface area contributed by atoms with Crippen LogP contribution in [0.2, 0.25) is 0 Å². The molecule has 0 radical (unpaired) electrons. The van der Waals surface area contributed by atoms with E-state index in [0.29, 0.717) is 28.7 Å². The minimum atomic E-state index is -3.70.